The minimum atomic E-state index is -0.0907. The maximum atomic E-state index is 12.7. The lowest BCUT2D eigenvalue weighted by atomic mass is 10.1. The zero-order valence-corrected chi connectivity index (χ0v) is 18.1. The first-order valence-corrected chi connectivity index (χ1v) is 10.3. The number of aryl methyl sites for hydroxylation is 1. The quantitative estimate of drug-likeness (QED) is 0.566. The molecule has 0 unspecified atom stereocenters. The van der Waals surface area contributed by atoms with Gasteiger partial charge in [-0.1, -0.05) is 36.4 Å². The van der Waals surface area contributed by atoms with Crippen LogP contribution in [0.15, 0.2) is 48.5 Å². The third-order valence-electron chi connectivity index (χ3n) is 4.79. The third kappa shape index (κ3) is 5.20. The zero-order valence-electron chi connectivity index (χ0n) is 18.1. The van der Waals surface area contributed by atoms with Crippen molar-refractivity contribution in [1.29, 1.82) is 0 Å². The monoisotopic (exact) mass is 407 g/mol. The van der Waals surface area contributed by atoms with Gasteiger partial charge in [-0.05, 0) is 51.0 Å². The second-order valence-electron chi connectivity index (χ2n) is 7.06. The fourth-order valence-electron chi connectivity index (χ4n) is 3.36. The van der Waals surface area contributed by atoms with Gasteiger partial charge in [0, 0.05) is 0 Å². The van der Waals surface area contributed by atoms with Gasteiger partial charge in [0.2, 0.25) is 5.91 Å². The molecule has 0 aliphatic carbocycles. The maximum Gasteiger partial charge on any atom is 0.228 e. The Morgan fingerprint density at radius 1 is 0.967 bits per heavy atom. The van der Waals surface area contributed by atoms with Gasteiger partial charge in [0.15, 0.2) is 11.5 Å². The topological polar surface area (TPSA) is 65.4 Å². The lowest BCUT2D eigenvalue weighted by Crippen LogP contribution is -2.16. The number of aromatic nitrogens is 2. The molecule has 0 saturated carbocycles. The number of ether oxygens (including phenoxy) is 2. The number of rotatable bonds is 9. The van der Waals surface area contributed by atoms with Crippen LogP contribution in [-0.4, -0.2) is 28.9 Å². The van der Waals surface area contributed by atoms with E-state index in [-0.39, 0.29) is 12.3 Å². The molecule has 158 valence electrons. The minimum absolute atomic E-state index is 0.0907. The summed E-state index contributed by atoms with van der Waals surface area (Å²) in [5.74, 6) is 1.26. The van der Waals surface area contributed by atoms with E-state index in [1.54, 1.807) is 0 Å². The highest BCUT2D eigenvalue weighted by Gasteiger charge is 2.16. The summed E-state index contributed by atoms with van der Waals surface area (Å²) in [6, 6.07) is 15.8. The Hall–Kier alpha value is -3.28. The number of carbonyl (C=O) groups excluding carboxylic acids is 1. The van der Waals surface area contributed by atoms with Gasteiger partial charge in [-0.15, -0.1) is 0 Å². The Morgan fingerprint density at radius 3 is 2.37 bits per heavy atom. The molecule has 2 aromatic carbocycles. The number of benzene rings is 2. The van der Waals surface area contributed by atoms with Crippen LogP contribution in [0.3, 0.4) is 0 Å². The molecular weight excluding hydrogens is 378 g/mol. The Balaban J connectivity index is 1.71. The van der Waals surface area contributed by atoms with Crippen molar-refractivity contribution in [3.8, 4) is 11.5 Å². The third-order valence-corrected chi connectivity index (χ3v) is 4.79. The molecule has 1 heterocycles. The molecule has 0 aliphatic rings. The van der Waals surface area contributed by atoms with Crippen LogP contribution in [0.1, 0.15) is 36.4 Å². The van der Waals surface area contributed by atoms with E-state index in [2.05, 4.69) is 22.5 Å². The Kier molecular flexibility index (Phi) is 7.12. The number of nitrogens with zero attached hydrogens (tertiary/aromatic N) is 2. The van der Waals surface area contributed by atoms with Crippen LogP contribution in [0.25, 0.3) is 0 Å². The molecule has 0 aliphatic heterocycles. The first-order valence-electron chi connectivity index (χ1n) is 10.3. The van der Waals surface area contributed by atoms with E-state index in [1.165, 1.54) is 5.56 Å². The van der Waals surface area contributed by atoms with Crippen molar-refractivity contribution in [1.82, 2.24) is 9.78 Å². The fourth-order valence-corrected chi connectivity index (χ4v) is 3.36. The van der Waals surface area contributed by atoms with Gasteiger partial charge in [0.05, 0.1) is 43.3 Å². The predicted molar refractivity (Wildman–Crippen MR) is 118 cm³/mol. The number of carbonyl (C=O) groups is 1. The summed E-state index contributed by atoms with van der Waals surface area (Å²) in [7, 11) is 0. The molecule has 0 bridgehead atoms. The SMILES string of the molecule is CCOc1ccc(CC(=O)Nc2c(C)nn(Cc3ccccc3)c2C)cc1OCC. The van der Waals surface area contributed by atoms with Crippen molar-refractivity contribution < 1.29 is 14.3 Å². The number of hydrogen-bond donors (Lipinski definition) is 1. The Bertz CT molecular complexity index is 996. The Morgan fingerprint density at radius 2 is 1.67 bits per heavy atom. The van der Waals surface area contributed by atoms with E-state index >= 15 is 0 Å². The van der Waals surface area contributed by atoms with Gasteiger partial charge in [-0.2, -0.15) is 5.10 Å². The summed E-state index contributed by atoms with van der Waals surface area (Å²) < 4.78 is 13.2. The lowest BCUT2D eigenvalue weighted by Gasteiger charge is -2.12. The summed E-state index contributed by atoms with van der Waals surface area (Å²) in [4.78, 5) is 12.7. The first-order chi connectivity index (χ1) is 14.5. The molecule has 3 rings (SSSR count). The summed E-state index contributed by atoms with van der Waals surface area (Å²) in [5, 5.41) is 7.63. The average Bonchev–Trinajstić information content (AvgIpc) is 2.98. The van der Waals surface area contributed by atoms with Crippen molar-refractivity contribution in [3.63, 3.8) is 0 Å². The minimum Gasteiger partial charge on any atom is -0.490 e. The normalized spacial score (nSPS) is 10.7. The van der Waals surface area contributed by atoms with Crippen molar-refractivity contribution in [2.75, 3.05) is 18.5 Å². The number of hydrogen-bond acceptors (Lipinski definition) is 4. The van der Waals surface area contributed by atoms with Gasteiger partial charge < -0.3 is 14.8 Å². The summed E-state index contributed by atoms with van der Waals surface area (Å²) in [5.41, 5.74) is 4.54. The van der Waals surface area contributed by atoms with Gasteiger partial charge in [0.25, 0.3) is 0 Å². The molecule has 1 N–H and O–H groups in total. The zero-order chi connectivity index (χ0) is 21.5. The molecule has 0 saturated heterocycles. The van der Waals surface area contributed by atoms with Crippen LogP contribution < -0.4 is 14.8 Å². The molecule has 6 nitrogen and oxygen atoms in total. The summed E-state index contributed by atoms with van der Waals surface area (Å²) >= 11 is 0. The van der Waals surface area contributed by atoms with E-state index in [9.17, 15) is 4.79 Å². The molecule has 0 fully saturated rings. The van der Waals surface area contributed by atoms with Crippen LogP contribution in [0.5, 0.6) is 11.5 Å². The van der Waals surface area contributed by atoms with Crippen molar-refractivity contribution >= 4 is 11.6 Å². The van der Waals surface area contributed by atoms with E-state index in [0.29, 0.717) is 31.3 Å². The highest BCUT2D eigenvalue weighted by Crippen LogP contribution is 2.29. The highest BCUT2D eigenvalue weighted by molar-refractivity contribution is 5.93. The van der Waals surface area contributed by atoms with Crippen LogP contribution in [0.2, 0.25) is 0 Å². The molecule has 0 radical (unpaired) electrons. The van der Waals surface area contributed by atoms with Gasteiger partial charge in [-0.25, -0.2) is 0 Å². The standard InChI is InChI=1S/C24H29N3O3/c1-5-29-21-13-12-20(14-22(21)30-6-2)15-23(28)25-24-17(3)26-27(18(24)4)16-19-10-8-7-9-11-19/h7-14H,5-6,15-16H2,1-4H3,(H,25,28). The van der Waals surface area contributed by atoms with Crippen LogP contribution in [0, 0.1) is 13.8 Å². The molecule has 0 spiro atoms. The van der Waals surface area contributed by atoms with Gasteiger partial charge in [0.1, 0.15) is 0 Å². The van der Waals surface area contributed by atoms with E-state index in [0.717, 1.165) is 22.6 Å². The molecule has 0 atom stereocenters. The highest BCUT2D eigenvalue weighted by atomic mass is 16.5. The predicted octanol–water partition coefficient (Wildman–Crippen LogP) is 4.53. The average molecular weight is 408 g/mol. The van der Waals surface area contributed by atoms with Crippen molar-refractivity contribution in [2.24, 2.45) is 0 Å². The van der Waals surface area contributed by atoms with Gasteiger partial charge >= 0.3 is 0 Å². The molecular formula is C24H29N3O3. The number of nitrogens with one attached hydrogen (secondary N) is 1. The molecule has 1 aromatic heterocycles. The lowest BCUT2D eigenvalue weighted by molar-refractivity contribution is -0.115. The van der Waals surface area contributed by atoms with Crippen LogP contribution in [0.4, 0.5) is 5.69 Å². The molecule has 30 heavy (non-hydrogen) atoms. The molecule has 1 amide bonds. The number of anilines is 1. The van der Waals surface area contributed by atoms with E-state index in [1.807, 2.05) is 68.8 Å². The van der Waals surface area contributed by atoms with Crippen LogP contribution >= 0.6 is 0 Å². The Labute approximate surface area is 177 Å². The second-order valence-corrected chi connectivity index (χ2v) is 7.06. The summed E-state index contributed by atoms with van der Waals surface area (Å²) in [6.07, 6.45) is 0.245. The molecule has 6 heteroatoms. The van der Waals surface area contributed by atoms with E-state index in [4.69, 9.17) is 9.47 Å². The smallest absolute Gasteiger partial charge is 0.228 e. The molecule has 3 aromatic rings. The summed E-state index contributed by atoms with van der Waals surface area (Å²) in [6.45, 7) is 9.50. The fraction of sp³-hybridized carbons (Fsp3) is 0.333. The van der Waals surface area contributed by atoms with Gasteiger partial charge in [-0.3, -0.25) is 9.48 Å². The number of amides is 1. The van der Waals surface area contributed by atoms with Crippen molar-refractivity contribution in [3.05, 3.63) is 71.0 Å². The maximum absolute atomic E-state index is 12.7. The second kappa shape index (κ2) is 9.96. The first kappa shape index (κ1) is 21.4. The van der Waals surface area contributed by atoms with E-state index < -0.39 is 0 Å². The largest absolute Gasteiger partial charge is 0.490 e. The van der Waals surface area contributed by atoms with Crippen LogP contribution in [-0.2, 0) is 17.8 Å². The van der Waals surface area contributed by atoms with Crippen molar-refractivity contribution in [2.45, 2.75) is 40.7 Å².